The summed E-state index contributed by atoms with van der Waals surface area (Å²) in [5, 5.41) is 5.83. The van der Waals surface area contributed by atoms with Crippen molar-refractivity contribution in [3.05, 3.63) is 101 Å². The average molecular weight is 388 g/mol. The first-order valence-electron chi connectivity index (χ1n) is 9.42. The van der Waals surface area contributed by atoms with E-state index in [2.05, 4.69) is 10.6 Å². The Morgan fingerprint density at radius 2 is 1.62 bits per heavy atom. The fourth-order valence-electron chi connectivity index (χ4n) is 3.05. The van der Waals surface area contributed by atoms with Crippen LogP contribution in [0.25, 0.3) is 0 Å². The van der Waals surface area contributed by atoms with Gasteiger partial charge in [-0.2, -0.15) is 0 Å². The Bertz CT molecular complexity index is 986. The highest BCUT2D eigenvalue weighted by Gasteiger charge is 2.16. The molecule has 148 valence electrons. The molecule has 29 heavy (non-hydrogen) atoms. The third-order valence-corrected chi connectivity index (χ3v) is 4.57. The van der Waals surface area contributed by atoms with Crippen LogP contribution in [-0.2, 0) is 11.3 Å². The minimum atomic E-state index is -0.278. The molecule has 3 aromatic rings. The first-order valence-corrected chi connectivity index (χ1v) is 9.42. The van der Waals surface area contributed by atoms with Gasteiger partial charge < -0.3 is 15.4 Å². The first-order chi connectivity index (χ1) is 14.1. The van der Waals surface area contributed by atoms with Gasteiger partial charge in [0.2, 0.25) is 0 Å². The van der Waals surface area contributed by atoms with Crippen molar-refractivity contribution in [1.82, 2.24) is 5.32 Å². The minimum absolute atomic E-state index is 0.154. The Morgan fingerprint density at radius 3 is 2.38 bits per heavy atom. The van der Waals surface area contributed by atoms with E-state index in [4.69, 9.17) is 4.74 Å². The molecule has 3 aromatic carbocycles. The van der Waals surface area contributed by atoms with Gasteiger partial charge in [0.05, 0.1) is 23.9 Å². The maximum Gasteiger partial charge on any atom is 0.255 e. The third-order valence-electron chi connectivity index (χ3n) is 4.57. The number of ether oxygens (including phenoxy) is 1. The fourth-order valence-corrected chi connectivity index (χ4v) is 3.05. The zero-order valence-corrected chi connectivity index (χ0v) is 16.5. The molecule has 0 aliphatic heterocycles. The SMILES string of the molecule is COCc1cccc(C(=O)Nc2ccccc2C(=O)N[C@@H](C)c2ccccc2)c1. The fraction of sp³-hybridized carbons (Fsp3) is 0.167. The van der Waals surface area contributed by atoms with Crippen molar-refractivity contribution < 1.29 is 14.3 Å². The van der Waals surface area contributed by atoms with E-state index in [1.54, 1.807) is 43.5 Å². The number of benzene rings is 3. The number of nitrogens with one attached hydrogen (secondary N) is 2. The maximum atomic E-state index is 12.8. The van der Waals surface area contributed by atoms with Gasteiger partial charge >= 0.3 is 0 Å². The van der Waals surface area contributed by atoms with E-state index in [0.29, 0.717) is 23.4 Å². The number of carbonyl (C=O) groups excluding carboxylic acids is 2. The summed E-state index contributed by atoms with van der Waals surface area (Å²) in [7, 11) is 1.61. The molecular formula is C24H24N2O3. The largest absolute Gasteiger partial charge is 0.380 e. The van der Waals surface area contributed by atoms with Gasteiger partial charge in [-0.25, -0.2) is 0 Å². The molecule has 0 aromatic heterocycles. The monoisotopic (exact) mass is 388 g/mol. The molecule has 0 bridgehead atoms. The van der Waals surface area contributed by atoms with Crippen LogP contribution in [0.5, 0.6) is 0 Å². The third kappa shape index (κ3) is 5.30. The van der Waals surface area contributed by atoms with E-state index in [1.807, 2.05) is 49.4 Å². The topological polar surface area (TPSA) is 67.4 Å². The van der Waals surface area contributed by atoms with Gasteiger partial charge in [0, 0.05) is 12.7 Å². The van der Waals surface area contributed by atoms with Gasteiger partial charge in [0.1, 0.15) is 0 Å². The lowest BCUT2D eigenvalue weighted by Crippen LogP contribution is -2.28. The maximum absolute atomic E-state index is 12.8. The molecule has 0 heterocycles. The lowest BCUT2D eigenvalue weighted by Gasteiger charge is -2.16. The molecule has 0 radical (unpaired) electrons. The van der Waals surface area contributed by atoms with Crippen LogP contribution in [0, 0.1) is 0 Å². The second-order valence-corrected chi connectivity index (χ2v) is 6.74. The number of carbonyl (C=O) groups is 2. The van der Waals surface area contributed by atoms with Gasteiger partial charge in [-0.05, 0) is 42.3 Å². The summed E-state index contributed by atoms with van der Waals surface area (Å²) in [6.45, 7) is 2.35. The van der Waals surface area contributed by atoms with Gasteiger partial charge in [0.25, 0.3) is 11.8 Å². The number of hydrogen-bond acceptors (Lipinski definition) is 3. The predicted molar refractivity (Wildman–Crippen MR) is 114 cm³/mol. The Kier molecular flexibility index (Phi) is 6.76. The van der Waals surface area contributed by atoms with E-state index in [1.165, 1.54) is 0 Å². The summed E-state index contributed by atoms with van der Waals surface area (Å²) in [6.07, 6.45) is 0. The van der Waals surface area contributed by atoms with Crippen LogP contribution in [0.15, 0.2) is 78.9 Å². The van der Waals surface area contributed by atoms with Crippen molar-refractivity contribution in [2.45, 2.75) is 19.6 Å². The van der Waals surface area contributed by atoms with Crippen LogP contribution in [0.1, 0.15) is 44.8 Å². The number of anilines is 1. The molecule has 0 saturated heterocycles. The van der Waals surface area contributed by atoms with Crippen molar-refractivity contribution in [3.8, 4) is 0 Å². The molecule has 0 unspecified atom stereocenters. The molecule has 5 nitrogen and oxygen atoms in total. The highest BCUT2D eigenvalue weighted by atomic mass is 16.5. The Hall–Kier alpha value is -3.44. The molecule has 0 spiro atoms. The first kappa shape index (κ1) is 20.3. The molecule has 0 aliphatic rings. The Balaban J connectivity index is 1.75. The molecule has 1 atom stereocenters. The molecular weight excluding hydrogens is 364 g/mol. The average Bonchev–Trinajstić information content (AvgIpc) is 2.75. The van der Waals surface area contributed by atoms with Crippen LogP contribution < -0.4 is 10.6 Å². The number of amides is 2. The quantitative estimate of drug-likeness (QED) is 0.623. The summed E-state index contributed by atoms with van der Waals surface area (Å²) < 4.78 is 5.12. The van der Waals surface area contributed by atoms with Crippen molar-refractivity contribution in [3.63, 3.8) is 0 Å². The van der Waals surface area contributed by atoms with Crippen molar-refractivity contribution in [2.24, 2.45) is 0 Å². The smallest absolute Gasteiger partial charge is 0.255 e. The molecule has 5 heteroatoms. The molecule has 0 saturated carbocycles. The molecule has 2 amide bonds. The second-order valence-electron chi connectivity index (χ2n) is 6.74. The van der Waals surface area contributed by atoms with Crippen LogP contribution in [-0.4, -0.2) is 18.9 Å². The van der Waals surface area contributed by atoms with Gasteiger partial charge in [0.15, 0.2) is 0 Å². The van der Waals surface area contributed by atoms with E-state index in [-0.39, 0.29) is 17.9 Å². The predicted octanol–water partition coefficient (Wildman–Crippen LogP) is 4.58. The second kappa shape index (κ2) is 9.66. The van der Waals surface area contributed by atoms with E-state index < -0.39 is 0 Å². The van der Waals surface area contributed by atoms with Crippen molar-refractivity contribution >= 4 is 17.5 Å². The summed E-state index contributed by atoms with van der Waals surface area (Å²) in [4.78, 5) is 25.5. The standard InChI is InChI=1S/C24H24N2O3/c1-17(19-10-4-3-5-11-19)25-24(28)21-13-6-7-14-22(21)26-23(27)20-12-8-9-18(15-20)16-29-2/h3-15,17H,16H2,1-2H3,(H,25,28)(H,26,27)/t17-/m0/s1. The molecule has 2 N–H and O–H groups in total. The van der Waals surface area contributed by atoms with Crippen molar-refractivity contribution in [1.29, 1.82) is 0 Å². The summed E-state index contributed by atoms with van der Waals surface area (Å²) in [6, 6.07) is 23.8. The van der Waals surface area contributed by atoms with Gasteiger partial charge in [-0.15, -0.1) is 0 Å². The number of para-hydroxylation sites is 1. The Labute approximate surface area is 170 Å². The van der Waals surface area contributed by atoms with Crippen LogP contribution in [0.2, 0.25) is 0 Å². The normalized spacial score (nSPS) is 11.5. The molecule has 0 fully saturated rings. The van der Waals surface area contributed by atoms with Crippen LogP contribution >= 0.6 is 0 Å². The van der Waals surface area contributed by atoms with Crippen LogP contribution in [0.3, 0.4) is 0 Å². The number of hydrogen-bond donors (Lipinski definition) is 2. The number of rotatable bonds is 7. The minimum Gasteiger partial charge on any atom is -0.380 e. The molecule has 0 aliphatic carbocycles. The lowest BCUT2D eigenvalue weighted by atomic mass is 10.1. The summed E-state index contributed by atoms with van der Waals surface area (Å²) in [5.41, 5.74) is 3.30. The molecule has 3 rings (SSSR count). The van der Waals surface area contributed by atoms with E-state index in [9.17, 15) is 9.59 Å². The zero-order valence-electron chi connectivity index (χ0n) is 16.5. The summed E-state index contributed by atoms with van der Waals surface area (Å²) >= 11 is 0. The highest BCUT2D eigenvalue weighted by molar-refractivity contribution is 6.09. The van der Waals surface area contributed by atoms with Gasteiger partial charge in [-0.1, -0.05) is 54.6 Å². The lowest BCUT2D eigenvalue weighted by molar-refractivity contribution is 0.0941. The van der Waals surface area contributed by atoms with E-state index in [0.717, 1.165) is 11.1 Å². The van der Waals surface area contributed by atoms with Crippen molar-refractivity contribution in [2.75, 3.05) is 12.4 Å². The Morgan fingerprint density at radius 1 is 0.897 bits per heavy atom. The zero-order chi connectivity index (χ0) is 20.6. The van der Waals surface area contributed by atoms with E-state index >= 15 is 0 Å². The number of methoxy groups -OCH3 is 1. The summed E-state index contributed by atoms with van der Waals surface area (Å²) in [5.74, 6) is -0.523. The van der Waals surface area contributed by atoms with Gasteiger partial charge in [-0.3, -0.25) is 9.59 Å². The van der Waals surface area contributed by atoms with Crippen LogP contribution in [0.4, 0.5) is 5.69 Å². The highest BCUT2D eigenvalue weighted by Crippen LogP contribution is 2.19.